The van der Waals surface area contributed by atoms with Crippen molar-refractivity contribution in [1.82, 2.24) is 5.32 Å². The average Bonchev–Trinajstić information content (AvgIpc) is 2.16. The maximum Gasteiger partial charge on any atom is 0.0565 e. The first-order chi connectivity index (χ1) is 7.22. The van der Waals surface area contributed by atoms with Gasteiger partial charge in [-0.3, -0.25) is 0 Å². The third-order valence-electron chi connectivity index (χ3n) is 2.80. The molecule has 0 saturated carbocycles. The van der Waals surface area contributed by atoms with E-state index in [1.165, 1.54) is 0 Å². The number of ether oxygens (including phenoxy) is 2. The van der Waals surface area contributed by atoms with E-state index in [0.29, 0.717) is 18.2 Å². The second kappa shape index (κ2) is 7.20. The second-order valence-corrected chi connectivity index (χ2v) is 4.43. The van der Waals surface area contributed by atoms with Gasteiger partial charge >= 0.3 is 0 Å². The van der Waals surface area contributed by atoms with E-state index in [0.717, 1.165) is 39.0 Å². The van der Waals surface area contributed by atoms with E-state index in [2.05, 4.69) is 19.2 Å². The van der Waals surface area contributed by atoms with Crippen LogP contribution in [-0.2, 0) is 9.47 Å². The molecule has 2 atom stereocenters. The predicted molar refractivity (Wildman–Crippen MR) is 62.1 cm³/mol. The monoisotopic (exact) mass is 215 g/mol. The first-order valence-corrected chi connectivity index (χ1v) is 6.19. The lowest BCUT2D eigenvalue weighted by Crippen LogP contribution is -2.41. The van der Waals surface area contributed by atoms with Gasteiger partial charge in [0.25, 0.3) is 0 Å². The van der Waals surface area contributed by atoms with E-state index in [9.17, 15) is 0 Å². The molecule has 1 N–H and O–H groups in total. The fraction of sp³-hybridized carbons (Fsp3) is 1.00. The number of hydrogen-bond donors (Lipinski definition) is 1. The Balaban J connectivity index is 2.04. The van der Waals surface area contributed by atoms with Gasteiger partial charge in [-0.25, -0.2) is 0 Å². The Morgan fingerprint density at radius 2 is 1.93 bits per heavy atom. The third kappa shape index (κ3) is 5.50. The summed E-state index contributed by atoms with van der Waals surface area (Å²) in [6.45, 7) is 9.11. The number of hydrogen-bond acceptors (Lipinski definition) is 3. The lowest BCUT2D eigenvalue weighted by Gasteiger charge is -2.32. The molecule has 0 aliphatic carbocycles. The van der Waals surface area contributed by atoms with Gasteiger partial charge in [-0.1, -0.05) is 0 Å². The van der Waals surface area contributed by atoms with Gasteiger partial charge in [0, 0.05) is 19.3 Å². The number of rotatable bonds is 6. The molecular weight excluding hydrogens is 190 g/mol. The summed E-state index contributed by atoms with van der Waals surface area (Å²) >= 11 is 0. The summed E-state index contributed by atoms with van der Waals surface area (Å²) in [6.07, 6.45) is 4.18. The van der Waals surface area contributed by atoms with Gasteiger partial charge in [0.1, 0.15) is 0 Å². The first-order valence-electron chi connectivity index (χ1n) is 6.19. The van der Waals surface area contributed by atoms with Crippen LogP contribution >= 0.6 is 0 Å². The molecule has 1 fully saturated rings. The topological polar surface area (TPSA) is 30.5 Å². The van der Waals surface area contributed by atoms with Crippen molar-refractivity contribution < 1.29 is 9.47 Å². The van der Waals surface area contributed by atoms with Crippen molar-refractivity contribution in [2.24, 2.45) is 0 Å². The van der Waals surface area contributed by atoms with Crippen molar-refractivity contribution in [2.75, 3.05) is 19.8 Å². The first kappa shape index (κ1) is 12.9. The summed E-state index contributed by atoms with van der Waals surface area (Å²) in [5.41, 5.74) is 0. The maximum atomic E-state index is 5.70. The Labute approximate surface area is 93.5 Å². The Bertz CT molecular complexity index is 154. The predicted octanol–water partition coefficient (Wildman–Crippen LogP) is 1.96. The highest BCUT2D eigenvalue weighted by molar-refractivity contribution is 4.78. The molecule has 90 valence electrons. The molecule has 1 heterocycles. The Morgan fingerprint density at radius 1 is 1.27 bits per heavy atom. The second-order valence-electron chi connectivity index (χ2n) is 4.43. The highest BCUT2D eigenvalue weighted by Gasteiger charge is 2.23. The van der Waals surface area contributed by atoms with Crippen LogP contribution in [0.4, 0.5) is 0 Å². The zero-order chi connectivity index (χ0) is 11.1. The molecule has 0 aromatic rings. The molecule has 1 aliphatic heterocycles. The van der Waals surface area contributed by atoms with Gasteiger partial charge in [0.15, 0.2) is 0 Å². The van der Waals surface area contributed by atoms with E-state index in [-0.39, 0.29) is 0 Å². The van der Waals surface area contributed by atoms with Crippen LogP contribution in [0.2, 0.25) is 0 Å². The third-order valence-corrected chi connectivity index (χ3v) is 2.80. The van der Waals surface area contributed by atoms with Crippen LogP contribution in [0.5, 0.6) is 0 Å². The quantitative estimate of drug-likeness (QED) is 0.687. The summed E-state index contributed by atoms with van der Waals surface area (Å²) in [4.78, 5) is 0. The van der Waals surface area contributed by atoms with E-state index in [1.807, 2.05) is 6.92 Å². The molecule has 0 bridgehead atoms. The van der Waals surface area contributed by atoms with Crippen molar-refractivity contribution in [2.45, 2.75) is 58.3 Å². The van der Waals surface area contributed by atoms with Crippen molar-refractivity contribution >= 4 is 0 Å². The minimum atomic E-state index is 0.401. The van der Waals surface area contributed by atoms with Crippen LogP contribution in [0.1, 0.15) is 40.0 Å². The van der Waals surface area contributed by atoms with Crippen molar-refractivity contribution in [3.63, 3.8) is 0 Å². The highest BCUT2D eigenvalue weighted by Crippen LogP contribution is 2.18. The Morgan fingerprint density at radius 3 is 2.53 bits per heavy atom. The molecule has 0 radical (unpaired) electrons. The molecule has 3 heteroatoms. The van der Waals surface area contributed by atoms with Crippen molar-refractivity contribution in [3.8, 4) is 0 Å². The molecule has 1 aliphatic rings. The minimum absolute atomic E-state index is 0.401. The van der Waals surface area contributed by atoms with Crippen molar-refractivity contribution in [3.05, 3.63) is 0 Å². The summed E-state index contributed by atoms with van der Waals surface area (Å²) in [5, 5.41) is 3.58. The molecule has 0 spiro atoms. The van der Waals surface area contributed by atoms with Gasteiger partial charge in [0.2, 0.25) is 0 Å². The molecule has 0 unspecified atom stereocenters. The lowest BCUT2D eigenvalue weighted by molar-refractivity contribution is -0.0421. The van der Waals surface area contributed by atoms with E-state index in [1.54, 1.807) is 0 Å². The summed E-state index contributed by atoms with van der Waals surface area (Å²) in [6, 6.07) is 0.630. The van der Waals surface area contributed by atoms with Gasteiger partial charge in [-0.2, -0.15) is 0 Å². The van der Waals surface area contributed by atoms with E-state index >= 15 is 0 Å². The maximum absolute atomic E-state index is 5.70. The SMILES string of the molecule is CCOCCCNC1C[C@H](C)O[C@@H](C)C1. The normalized spacial score (nSPS) is 31.8. The van der Waals surface area contributed by atoms with Gasteiger partial charge in [0.05, 0.1) is 12.2 Å². The minimum Gasteiger partial charge on any atom is -0.382 e. The largest absolute Gasteiger partial charge is 0.382 e. The van der Waals surface area contributed by atoms with Crippen LogP contribution in [0.25, 0.3) is 0 Å². The molecule has 1 saturated heterocycles. The molecule has 0 aromatic heterocycles. The van der Waals surface area contributed by atoms with Crippen LogP contribution in [0.15, 0.2) is 0 Å². The average molecular weight is 215 g/mol. The fourth-order valence-corrected chi connectivity index (χ4v) is 2.20. The standard InChI is InChI=1S/C12H25NO2/c1-4-14-7-5-6-13-12-8-10(2)15-11(3)9-12/h10-13H,4-9H2,1-3H3/t10-,11-/m0/s1. The lowest BCUT2D eigenvalue weighted by atomic mass is 10.00. The molecular formula is C12H25NO2. The van der Waals surface area contributed by atoms with Gasteiger partial charge in [-0.15, -0.1) is 0 Å². The van der Waals surface area contributed by atoms with E-state index < -0.39 is 0 Å². The fourth-order valence-electron chi connectivity index (χ4n) is 2.20. The van der Waals surface area contributed by atoms with Crippen LogP contribution in [0.3, 0.4) is 0 Å². The van der Waals surface area contributed by atoms with E-state index in [4.69, 9.17) is 9.47 Å². The molecule has 1 rings (SSSR count). The molecule has 0 aromatic carbocycles. The van der Waals surface area contributed by atoms with Crippen LogP contribution in [-0.4, -0.2) is 38.0 Å². The molecule has 3 nitrogen and oxygen atoms in total. The molecule has 15 heavy (non-hydrogen) atoms. The Hall–Kier alpha value is -0.120. The zero-order valence-corrected chi connectivity index (χ0v) is 10.3. The smallest absolute Gasteiger partial charge is 0.0565 e. The molecule has 0 amide bonds. The van der Waals surface area contributed by atoms with Crippen molar-refractivity contribution in [1.29, 1.82) is 0 Å². The highest BCUT2D eigenvalue weighted by atomic mass is 16.5. The number of nitrogens with one attached hydrogen (secondary N) is 1. The Kier molecular flexibility index (Phi) is 6.22. The van der Waals surface area contributed by atoms with Gasteiger partial charge < -0.3 is 14.8 Å². The van der Waals surface area contributed by atoms with Crippen LogP contribution < -0.4 is 5.32 Å². The summed E-state index contributed by atoms with van der Waals surface area (Å²) in [7, 11) is 0. The summed E-state index contributed by atoms with van der Waals surface area (Å²) in [5.74, 6) is 0. The zero-order valence-electron chi connectivity index (χ0n) is 10.3. The van der Waals surface area contributed by atoms with Crippen LogP contribution in [0, 0.1) is 0 Å². The van der Waals surface area contributed by atoms with Gasteiger partial charge in [-0.05, 0) is 46.6 Å². The summed E-state index contributed by atoms with van der Waals surface area (Å²) < 4.78 is 11.0.